The molecule has 5 nitrogen and oxygen atoms in total. The molecule has 0 saturated carbocycles. The molecule has 3 aromatic heterocycles. The minimum atomic E-state index is 0.366. The molecule has 0 spiro atoms. The molecule has 104 valence electrons. The molecule has 0 bridgehead atoms. The Hall–Kier alpha value is -2.44. The fraction of sp³-hybridized carbons (Fsp3) is 0.0667. The predicted molar refractivity (Wildman–Crippen MR) is 82.8 cm³/mol. The van der Waals surface area contributed by atoms with Crippen molar-refractivity contribution in [1.29, 1.82) is 0 Å². The van der Waals surface area contributed by atoms with Gasteiger partial charge in [0.1, 0.15) is 11.2 Å². The quantitative estimate of drug-likeness (QED) is 0.630. The maximum atomic E-state index is 5.99. The van der Waals surface area contributed by atoms with Gasteiger partial charge in [-0.25, -0.2) is 0 Å². The molecule has 0 aliphatic carbocycles. The summed E-state index contributed by atoms with van der Waals surface area (Å²) in [5, 5.41) is 3.01. The van der Waals surface area contributed by atoms with Gasteiger partial charge in [0.15, 0.2) is 10.7 Å². The Morgan fingerprint density at radius 3 is 3.05 bits per heavy atom. The third-order valence-electron chi connectivity index (χ3n) is 3.32. The van der Waals surface area contributed by atoms with Crippen LogP contribution in [0.5, 0.6) is 11.6 Å². The number of hydrogen-bond donors (Lipinski definition) is 1. The summed E-state index contributed by atoms with van der Waals surface area (Å²) in [7, 11) is 0. The van der Waals surface area contributed by atoms with Crippen LogP contribution in [0.1, 0.15) is 5.69 Å². The lowest BCUT2D eigenvalue weighted by Gasteiger charge is -2.07. The number of nitrogens with zero attached hydrogens (tertiary/aromatic N) is 3. The molecule has 0 aliphatic rings. The van der Waals surface area contributed by atoms with E-state index in [2.05, 4.69) is 9.97 Å². The smallest absolute Gasteiger partial charge is 0.243 e. The number of hydrogen-bond acceptors (Lipinski definition) is 5. The third-order valence-corrected chi connectivity index (χ3v) is 4.08. The van der Waals surface area contributed by atoms with Crippen molar-refractivity contribution in [3.05, 3.63) is 53.8 Å². The number of rotatable bonds is 3. The number of imidazole rings is 1. The van der Waals surface area contributed by atoms with Gasteiger partial charge in [0, 0.05) is 29.7 Å². The summed E-state index contributed by atoms with van der Waals surface area (Å²) in [6.45, 7) is 0.366. The highest BCUT2D eigenvalue weighted by atomic mass is 32.1. The highest BCUT2D eigenvalue weighted by molar-refractivity contribution is 7.15. The van der Waals surface area contributed by atoms with Gasteiger partial charge in [-0.1, -0.05) is 18.2 Å². The molecule has 21 heavy (non-hydrogen) atoms. The van der Waals surface area contributed by atoms with E-state index in [-0.39, 0.29) is 0 Å². The van der Waals surface area contributed by atoms with E-state index in [0.29, 0.717) is 18.2 Å². The summed E-state index contributed by atoms with van der Waals surface area (Å²) < 4.78 is 7.95. The van der Waals surface area contributed by atoms with Crippen molar-refractivity contribution in [3.63, 3.8) is 0 Å². The van der Waals surface area contributed by atoms with Gasteiger partial charge in [-0.3, -0.25) is 9.38 Å². The maximum absolute atomic E-state index is 5.99. The third kappa shape index (κ3) is 1.96. The van der Waals surface area contributed by atoms with Crippen molar-refractivity contribution in [3.8, 4) is 11.6 Å². The Kier molecular flexibility index (Phi) is 2.83. The molecule has 4 rings (SSSR count). The number of ether oxygens (including phenoxy) is 1. The zero-order valence-electron chi connectivity index (χ0n) is 11.1. The number of aromatic nitrogens is 3. The van der Waals surface area contributed by atoms with Crippen LogP contribution in [-0.4, -0.2) is 14.4 Å². The number of pyridine rings is 1. The first kappa shape index (κ1) is 12.3. The van der Waals surface area contributed by atoms with Gasteiger partial charge in [0.25, 0.3) is 0 Å². The first-order chi connectivity index (χ1) is 10.4. The van der Waals surface area contributed by atoms with Crippen LogP contribution in [0.4, 0.5) is 0 Å². The topological polar surface area (TPSA) is 65.4 Å². The van der Waals surface area contributed by atoms with Crippen LogP contribution in [-0.2, 0) is 6.54 Å². The normalized spacial score (nSPS) is 11.3. The van der Waals surface area contributed by atoms with Crippen LogP contribution < -0.4 is 10.5 Å². The molecule has 0 radical (unpaired) electrons. The van der Waals surface area contributed by atoms with E-state index in [9.17, 15) is 0 Å². The van der Waals surface area contributed by atoms with Crippen LogP contribution in [0.3, 0.4) is 0 Å². The molecule has 0 fully saturated rings. The van der Waals surface area contributed by atoms with E-state index in [0.717, 1.165) is 21.6 Å². The molecule has 0 atom stereocenters. The highest BCUT2D eigenvalue weighted by Crippen LogP contribution is 2.31. The lowest BCUT2D eigenvalue weighted by Crippen LogP contribution is -2.02. The molecule has 2 N–H and O–H groups in total. The molecule has 1 aromatic carbocycles. The van der Waals surface area contributed by atoms with Gasteiger partial charge in [0.05, 0.1) is 0 Å². The van der Waals surface area contributed by atoms with Crippen LogP contribution in [0.15, 0.2) is 48.1 Å². The molecule has 0 unspecified atom stereocenters. The van der Waals surface area contributed by atoms with Crippen molar-refractivity contribution >= 4 is 27.2 Å². The summed E-state index contributed by atoms with van der Waals surface area (Å²) in [5.41, 5.74) is 7.51. The van der Waals surface area contributed by atoms with Gasteiger partial charge in [-0.15, -0.1) is 11.3 Å². The fourth-order valence-corrected chi connectivity index (χ4v) is 3.07. The second-order valence-electron chi connectivity index (χ2n) is 4.56. The van der Waals surface area contributed by atoms with E-state index in [1.54, 1.807) is 17.5 Å². The molecule has 0 aliphatic heterocycles. The Morgan fingerprint density at radius 2 is 2.14 bits per heavy atom. The minimum Gasteiger partial charge on any atom is -0.435 e. The lowest BCUT2D eigenvalue weighted by molar-refractivity contribution is 0.463. The number of fused-ring (bicyclic) bond motifs is 2. The Bertz CT molecular complexity index is 922. The van der Waals surface area contributed by atoms with Crippen molar-refractivity contribution in [2.45, 2.75) is 6.54 Å². The summed E-state index contributed by atoms with van der Waals surface area (Å²) in [4.78, 5) is 9.76. The number of para-hydroxylation sites is 1. The summed E-state index contributed by atoms with van der Waals surface area (Å²) in [5.74, 6) is 1.23. The SMILES string of the molecule is NCc1c(Oc2cccc3cccnc23)nc2sccn12. The lowest BCUT2D eigenvalue weighted by atomic mass is 10.2. The van der Waals surface area contributed by atoms with Gasteiger partial charge in [0.2, 0.25) is 5.88 Å². The van der Waals surface area contributed by atoms with Crippen LogP contribution in [0.25, 0.3) is 15.9 Å². The first-order valence-electron chi connectivity index (χ1n) is 6.53. The molecule has 4 aromatic rings. The standard InChI is InChI=1S/C15H12N4OS/c16-9-11-14(18-15-19(11)7-8-21-15)20-12-5-1-3-10-4-2-6-17-13(10)12/h1-8H,9,16H2. The molecular weight excluding hydrogens is 284 g/mol. The summed E-state index contributed by atoms with van der Waals surface area (Å²) in [6, 6.07) is 9.75. The number of thiazole rings is 1. The van der Waals surface area contributed by atoms with Crippen LogP contribution in [0, 0.1) is 0 Å². The predicted octanol–water partition coefficient (Wildman–Crippen LogP) is 3.20. The van der Waals surface area contributed by atoms with Crippen molar-refractivity contribution in [1.82, 2.24) is 14.4 Å². The first-order valence-corrected chi connectivity index (χ1v) is 7.41. The average Bonchev–Trinajstić information content (AvgIpc) is 3.08. The van der Waals surface area contributed by atoms with Gasteiger partial charge < -0.3 is 10.5 Å². The minimum absolute atomic E-state index is 0.366. The monoisotopic (exact) mass is 296 g/mol. The molecule has 0 amide bonds. The van der Waals surface area contributed by atoms with Crippen molar-refractivity contribution in [2.75, 3.05) is 0 Å². The average molecular weight is 296 g/mol. The van der Waals surface area contributed by atoms with E-state index < -0.39 is 0 Å². The molecular formula is C15H12N4OS. The number of nitrogens with two attached hydrogens (primary N) is 1. The van der Waals surface area contributed by atoms with Crippen LogP contribution in [0.2, 0.25) is 0 Å². The van der Waals surface area contributed by atoms with E-state index >= 15 is 0 Å². The van der Waals surface area contributed by atoms with Crippen molar-refractivity contribution in [2.24, 2.45) is 5.73 Å². The largest absolute Gasteiger partial charge is 0.435 e. The Labute approximate surface area is 124 Å². The second kappa shape index (κ2) is 4.83. The second-order valence-corrected chi connectivity index (χ2v) is 5.43. The summed E-state index contributed by atoms with van der Waals surface area (Å²) >= 11 is 1.55. The van der Waals surface area contributed by atoms with Gasteiger partial charge in [-0.05, 0) is 12.1 Å². The molecule has 3 heterocycles. The zero-order valence-corrected chi connectivity index (χ0v) is 11.9. The molecule has 0 saturated heterocycles. The van der Waals surface area contributed by atoms with Crippen molar-refractivity contribution < 1.29 is 4.74 Å². The van der Waals surface area contributed by atoms with E-state index in [1.807, 2.05) is 46.3 Å². The van der Waals surface area contributed by atoms with Crippen LogP contribution >= 0.6 is 11.3 Å². The van der Waals surface area contributed by atoms with E-state index in [1.165, 1.54) is 0 Å². The highest BCUT2D eigenvalue weighted by Gasteiger charge is 2.15. The van der Waals surface area contributed by atoms with Gasteiger partial charge in [-0.2, -0.15) is 4.98 Å². The Morgan fingerprint density at radius 1 is 1.24 bits per heavy atom. The maximum Gasteiger partial charge on any atom is 0.243 e. The summed E-state index contributed by atoms with van der Waals surface area (Å²) in [6.07, 6.45) is 3.70. The zero-order chi connectivity index (χ0) is 14.2. The molecule has 6 heteroatoms. The van der Waals surface area contributed by atoms with E-state index in [4.69, 9.17) is 10.5 Å². The Balaban J connectivity index is 1.84. The van der Waals surface area contributed by atoms with Gasteiger partial charge >= 0.3 is 0 Å². The number of benzene rings is 1. The fourth-order valence-electron chi connectivity index (χ4n) is 2.34.